The van der Waals surface area contributed by atoms with E-state index in [1.807, 2.05) is 5.38 Å². The van der Waals surface area contributed by atoms with Gasteiger partial charge in [0.2, 0.25) is 5.09 Å². The van der Waals surface area contributed by atoms with Gasteiger partial charge in [-0.15, -0.1) is 11.3 Å². The second-order valence-corrected chi connectivity index (χ2v) is 5.16. The van der Waals surface area contributed by atoms with Crippen molar-refractivity contribution in [2.24, 2.45) is 5.73 Å². The van der Waals surface area contributed by atoms with Crippen LogP contribution in [0.5, 0.6) is 0 Å². The second kappa shape index (κ2) is 3.35. The highest BCUT2D eigenvalue weighted by atomic mass is 32.2. The van der Waals surface area contributed by atoms with Gasteiger partial charge in [0.25, 0.3) is 10.0 Å². The molecule has 0 unspecified atom stereocenters. The molecule has 2 aromatic rings. The van der Waals surface area contributed by atoms with E-state index in [1.165, 1.54) is 17.4 Å². The normalized spacial score (nSPS) is 12.4. The minimum Gasteiger partial charge on any atom is -0.433 e. The Balaban J connectivity index is 2.49. The molecule has 0 bridgehead atoms. The first kappa shape index (κ1) is 9.66. The van der Waals surface area contributed by atoms with Crippen molar-refractivity contribution < 1.29 is 12.8 Å². The molecular weight excluding hydrogens is 224 g/mol. The van der Waals surface area contributed by atoms with Crippen molar-refractivity contribution in [3.8, 4) is 0 Å². The van der Waals surface area contributed by atoms with E-state index in [0.29, 0.717) is 4.90 Å². The number of rotatable bonds is 3. The predicted octanol–water partition coefficient (Wildman–Crippen LogP) is 0.689. The van der Waals surface area contributed by atoms with Crippen molar-refractivity contribution in [1.82, 2.24) is 4.72 Å². The molecule has 0 atom stereocenters. The molecule has 0 aliphatic carbocycles. The molecule has 0 aliphatic rings. The Morgan fingerprint density at radius 3 is 3.00 bits per heavy atom. The van der Waals surface area contributed by atoms with Gasteiger partial charge in [0.1, 0.15) is 0 Å². The molecule has 3 N–H and O–H groups in total. The number of fused-ring (bicyclic) bond motifs is 1. The van der Waals surface area contributed by atoms with Crippen LogP contribution in [-0.4, -0.2) is 15.1 Å². The Labute approximate surface area is 84.6 Å². The predicted molar refractivity (Wildman–Crippen MR) is 53.5 cm³/mol. The standard InChI is InChI=1S/C7H8N2O3S2/c8-4-9-14(10,11)6-3-5-1-2-13-7(5)12-6/h1-3,9H,4,8H2. The lowest BCUT2D eigenvalue weighted by Crippen LogP contribution is -2.29. The third kappa shape index (κ3) is 1.55. The molecule has 2 heterocycles. The van der Waals surface area contributed by atoms with Crippen LogP contribution in [0.3, 0.4) is 0 Å². The summed E-state index contributed by atoms with van der Waals surface area (Å²) in [6.45, 7) is -0.142. The summed E-state index contributed by atoms with van der Waals surface area (Å²) in [4.78, 5) is 0.599. The fourth-order valence-corrected chi connectivity index (χ4v) is 2.69. The fourth-order valence-electron chi connectivity index (χ4n) is 1.06. The van der Waals surface area contributed by atoms with E-state index >= 15 is 0 Å². The molecule has 0 saturated heterocycles. The van der Waals surface area contributed by atoms with Crippen LogP contribution in [0.15, 0.2) is 27.0 Å². The van der Waals surface area contributed by atoms with Crippen LogP contribution in [-0.2, 0) is 10.0 Å². The van der Waals surface area contributed by atoms with Crippen LogP contribution >= 0.6 is 11.3 Å². The van der Waals surface area contributed by atoms with Crippen LogP contribution in [0.1, 0.15) is 0 Å². The Morgan fingerprint density at radius 1 is 1.57 bits per heavy atom. The van der Waals surface area contributed by atoms with E-state index < -0.39 is 10.0 Å². The van der Waals surface area contributed by atoms with Crippen LogP contribution in [0.2, 0.25) is 0 Å². The summed E-state index contributed by atoms with van der Waals surface area (Å²) < 4.78 is 30.1. The third-order valence-corrected chi connectivity index (χ3v) is 3.75. The smallest absolute Gasteiger partial charge is 0.275 e. The molecule has 76 valence electrons. The first-order valence-corrected chi connectivity index (χ1v) is 6.16. The highest BCUT2D eigenvalue weighted by Gasteiger charge is 2.18. The van der Waals surface area contributed by atoms with Gasteiger partial charge in [-0.05, 0) is 11.4 Å². The first-order chi connectivity index (χ1) is 6.63. The maximum atomic E-state index is 11.4. The van der Waals surface area contributed by atoms with Crippen molar-refractivity contribution in [2.45, 2.75) is 5.09 Å². The first-order valence-electron chi connectivity index (χ1n) is 3.80. The zero-order valence-corrected chi connectivity index (χ0v) is 8.69. The van der Waals surface area contributed by atoms with Gasteiger partial charge in [-0.25, -0.2) is 8.42 Å². The van der Waals surface area contributed by atoms with Gasteiger partial charge in [-0.3, -0.25) is 0 Å². The Bertz CT molecular complexity index is 512. The van der Waals surface area contributed by atoms with Gasteiger partial charge in [-0.2, -0.15) is 4.72 Å². The number of sulfonamides is 1. The molecule has 0 spiro atoms. The average molecular weight is 232 g/mol. The number of nitrogens with two attached hydrogens (primary N) is 1. The van der Waals surface area contributed by atoms with Crippen molar-refractivity contribution in [2.75, 3.05) is 6.67 Å². The van der Waals surface area contributed by atoms with Crippen LogP contribution in [0.4, 0.5) is 0 Å². The van der Waals surface area contributed by atoms with E-state index in [-0.39, 0.29) is 11.8 Å². The molecule has 0 fully saturated rings. The lowest BCUT2D eigenvalue weighted by atomic mass is 10.4. The number of furan rings is 1. The van der Waals surface area contributed by atoms with Gasteiger partial charge in [0, 0.05) is 11.5 Å². The molecule has 5 nitrogen and oxygen atoms in total. The minimum atomic E-state index is -3.58. The molecule has 0 aliphatic heterocycles. The van der Waals surface area contributed by atoms with Crippen molar-refractivity contribution in [3.63, 3.8) is 0 Å². The van der Waals surface area contributed by atoms with Crippen LogP contribution in [0.25, 0.3) is 10.3 Å². The van der Waals surface area contributed by atoms with Crippen molar-refractivity contribution in [3.05, 3.63) is 17.5 Å². The molecule has 7 heteroatoms. The van der Waals surface area contributed by atoms with Gasteiger partial charge in [-0.1, -0.05) is 0 Å². The van der Waals surface area contributed by atoms with Crippen LogP contribution in [0, 0.1) is 0 Å². The number of hydrogen-bond acceptors (Lipinski definition) is 5. The highest BCUT2D eigenvalue weighted by Crippen LogP contribution is 2.26. The van der Waals surface area contributed by atoms with Gasteiger partial charge >= 0.3 is 0 Å². The maximum absolute atomic E-state index is 11.4. The second-order valence-electron chi connectivity index (χ2n) is 2.58. The minimum absolute atomic E-state index is 0.0928. The number of thiophene rings is 1. The maximum Gasteiger partial charge on any atom is 0.275 e. The quantitative estimate of drug-likeness (QED) is 0.762. The van der Waals surface area contributed by atoms with E-state index in [1.54, 1.807) is 6.07 Å². The highest BCUT2D eigenvalue weighted by molar-refractivity contribution is 7.89. The summed E-state index contributed by atoms with van der Waals surface area (Å²) >= 11 is 1.35. The SMILES string of the molecule is NCNS(=O)(=O)c1cc2ccsc2o1. The molecule has 2 rings (SSSR count). The molecule has 2 aromatic heterocycles. The molecular formula is C7H8N2O3S2. The summed E-state index contributed by atoms with van der Waals surface area (Å²) in [5.74, 6) is 0. The topological polar surface area (TPSA) is 85.3 Å². The molecule has 0 amide bonds. The monoisotopic (exact) mass is 232 g/mol. The summed E-state index contributed by atoms with van der Waals surface area (Å²) in [6, 6.07) is 3.27. The van der Waals surface area contributed by atoms with E-state index in [0.717, 1.165) is 5.39 Å². The van der Waals surface area contributed by atoms with Gasteiger partial charge in [0.05, 0.1) is 6.67 Å². The molecule has 0 saturated carbocycles. The largest absolute Gasteiger partial charge is 0.433 e. The van der Waals surface area contributed by atoms with Crippen molar-refractivity contribution in [1.29, 1.82) is 0 Å². The average Bonchev–Trinajstić information content (AvgIpc) is 2.60. The molecule has 14 heavy (non-hydrogen) atoms. The number of nitrogens with one attached hydrogen (secondary N) is 1. The van der Waals surface area contributed by atoms with E-state index in [2.05, 4.69) is 4.72 Å². The van der Waals surface area contributed by atoms with E-state index in [4.69, 9.17) is 10.2 Å². The third-order valence-electron chi connectivity index (χ3n) is 1.66. The van der Waals surface area contributed by atoms with Crippen molar-refractivity contribution >= 4 is 31.6 Å². The van der Waals surface area contributed by atoms with E-state index in [9.17, 15) is 8.42 Å². The zero-order chi connectivity index (χ0) is 10.2. The summed E-state index contributed by atoms with van der Waals surface area (Å²) in [7, 11) is -3.58. The lowest BCUT2D eigenvalue weighted by Gasteiger charge is -1.98. The zero-order valence-electron chi connectivity index (χ0n) is 7.06. The van der Waals surface area contributed by atoms with Crippen LogP contribution < -0.4 is 10.5 Å². The van der Waals surface area contributed by atoms with Gasteiger partial charge in [0.15, 0.2) is 4.90 Å². The molecule has 0 radical (unpaired) electrons. The van der Waals surface area contributed by atoms with Gasteiger partial charge < -0.3 is 10.2 Å². The summed E-state index contributed by atoms with van der Waals surface area (Å²) in [5.41, 5.74) is 5.09. The summed E-state index contributed by atoms with van der Waals surface area (Å²) in [6.07, 6.45) is 0. The molecule has 0 aromatic carbocycles. The Kier molecular flexibility index (Phi) is 2.31. The Morgan fingerprint density at radius 2 is 2.36 bits per heavy atom. The Hall–Kier alpha value is -0.890. The summed E-state index contributed by atoms with van der Waals surface area (Å²) in [5, 5.41) is 2.53. The lowest BCUT2D eigenvalue weighted by molar-refractivity contribution is 0.480. The fraction of sp³-hybridized carbons (Fsp3) is 0.143. The number of hydrogen-bond donors (Lipinski definition) is 2.